The molecule has 0 aliphatic rings. The van der Waals surface area contributed by atoms with Crippen molar-refractivity contribution in [2.24, 2.45) is 14.1 Å². The van der Waals surface area contributed by atoms with E-state index in [2.05, 4.69) is 5.10 Å². The number of halogens is 1. The Kier molecular flexibility index (Phi) is 3.25. The Morgan fingerprint density at radius 2 is 2.00 bits per heavy atom. The fourth-order valence-electron chi connectivity index (χ4n) is 1.97. The summed E-state index contributed by atoms with van der Waals surface area (Å²) in [5, 5.41) is 4.44. The van der Waals surface area contributed by atoms with E-state index in [1.54, 1.807) is 24.0 Å². The van der Waals surface area contributed by atoms with Crippen LogP contribution in [0, 0.1) is 6.92 Å². The largest absolute Gasteiger partial charge is 0.341 e. The van der Waals surface area contributed by atoms with E-state index in [9.17, 15) is 8.42 Å². The summed E-state index contributed by atoms with van der Waals surface area (Å²) >= 11 is 0. The van der Waals surface area contributed by atoms with Crippen molar-refractivity contribution in [1.29, 1.82) is 0 Å². The van der Waals surface area contributed by atoms with Crippen LogP contribution in [0.2, 0.25) is 0 Å². The summed E-state index contributed by atoms with van der Waals surface area (Å²) in [4.78, 5) is 0. The van der Waals surface area contributed by atoms with Crippen molar-refractivity contribution in [1.82, 2.24) is 14.3 Å². The van der Waals surface area contributed by atoms with E-state index in [1.165, 1.54) is 4.57 Å². The third-order valence-corrected chi connectivity index (χ3v) is 4.13. The van der Waals surface area contributed by atoms with Gasteiger partial charge < -0.3 is 4.57 Å². The lowest BCUT2D eigenvalue weighted by Gasteiger charge is -1.95. The fourth-order valence-corrected chi connectivity index (χ4v) is 3.12. The minimum absolute atomic E-state index is 0.104. The third-order valence-electron chi connectivity index (χ3n) is 2.75. The molecule has 0 N–H and O–H groups in total. The Bertz CT molecular complexity index is 685. The lowest BCUT2D eigenvalue weighted by molar-refractivity contribution is 0.600. The standard InChI is InChI=1S/C11H14ClN3O2S/c1-8-6-15(3)13-10(8)4-9-5-11(14(2)7-9)18(12,16)17/h5-7H,4H2,1-3H3. The predicted molar refractivity (Wildman–Crippen MR) is 69.2 cm³/mol. The van der Waals surface area contributed by atoms with Crippen LogP contribution in [0.4, 0.5) is 0 Å². The molecular weight excluding hydrogens is 274 g/mol. The molecule has 0 saturated carbocycles. The molecule has 0 saturated heterocycles. The van der Waals surface area contributed by atoms with Gasteiger partial charge in [0.25, 0.3) is 9.05 Å². The van der Waals surface area contributed by atoms with Crippen LogP contribution in [0.15, 0.2) is 23.5 Å². The van der Waals surface area contributed by atoms with E-state index >= 15 is 0 Å². The lowest BCUT2D eigenvalue weighted by Crippen LogP contribution is -1.97. The summed E-state index contributed by atoms with van der Waals surface area (Å²) in [6, 6.07) is 1.58. The quantitative estimate of drug-likeness (QED) is 0.806. The highest BCUT2D eigenvalue weighted by Gasteiger charge is 2.16. The van der Waals surface area contributed by atoms with Crippen LogP contribution >= 0.6 is 10.7 Å². The highest BCUT2D eigenvalue weighted by atomic mass is 35.7. The molecule has 0 aromatic carbocycles. The Labute approximate surface area is 110 Å². The van der Waals surface area contributed by atoms with Gasteiger partial charge in [0.05, 0.1) is 5.69 Å². The van der Waals surface area contributed by atoms with E-state index < -0.39 is 9.05 Å². The molecule has 5 nitrogen and oxygen atoms in total. The van der Waals surface area contributed by atoms with Gasteiger partial charge in [-0.05, 0) is 24.1 Å². The summed E-state index contributed by atoms with van der Waals surface area (Å²) in [6.07, 6.45) is 4.27. The number of hydrogen-bond acceptors (Lipinski definition) is 3. The van der Waals surface area contributed by atoms with Crippen molar-refractivity contribution in [2.45, 2.75) is 18.4 Å². The van der Waals surface area contributed by atoms with E-state index in [-0.39, 0.29) is 5.03 Å². The molecular formula is C11H14ClN3O2S. The van der Waals surface area contributed by atoms with Crippen molar-refractivity contribution in [3.05, 3.63) is 35.3 Å². The Morgan fingerprint density at radius 1 is 1.33 bits per heavy atom. The smallest absolute Gasteiger partial charge is 0.276 e. The molecule has 2 aromatic heterocycles. The summed E-state index contributed by atoms with van der Waals surface area (Å²) < 4.78 is 25.9. The maximum atomic E-state index is 11.3. The van der Waals surface area contributed by atoms with Crippen LogP contribution < -0.4 is 0 Å². The van der Waals surface area contributed by atoms with Crippen molar-refractivity contribution in [2.75, 3.05) is 0 Å². The molecule has 0 bridgehead atoms. The first-order chi connectivity index (χ1) is 8.27. The monoisotopic (exact) mass is 287 g/mol. The third kappa shape index (κ3) is 2.59. The zero-order valence-electron chi connectivity index (χ0n) is 10.4. The molecule has 7 heteroatoms. The van der Waals surface area contributed by atoms with Crippen LogP contribution in [0.5, 0.6) is 0 Å². The maximum absolute atomic E-state index is 11.3. The first-order valence-electron chi connectivity index (χ1n) is 5.36. The average molecular weight is 288 g/mol. The van der Waals surface area contributed by atoms with Crippen LogP contribution in [-0.2, 0) is 29.6 Å². The minimum Gasteiger partial charge on any atom is -0.341 e. The Balaban J connectivity index is 2.34. The van der Waals surface area contributed by atoms with Crippen LogP contribution in [0.3, 0.4) is 0 Å². The zero-order valence-corrected chi connectivity index (χ0v) is 12.0. The van der Waals surface area contributed by atoms with Crippen molar-refractivity contribution >= 4 is 19.7 Å². The molecule has 2 aromatic rings. The second kappa shape index (κ2) is 4.44. The van der Waals surface area contributed by atoms with E-state index in [0.717, 1.165) is 16.8 Å². The lowest BCUT2D eigenvalue weighted by atomic mass is 10.1. The van der Waals surface area contributed by atoms with Gasteiger partial charge in [-0.25, -0.2) is 8.42 Å². The summed E-state index contributed by atoms with van der Waals surface area (Å²) in [6.45, 7) is 1.98. The van der Waals surface area contributed by atoms with E-state index in [0.29, 0.717) is 6.42 Å². The van der Waals surface area contributed by atoms with E-state index in [4.69, 9.17) is 10.7 Å². The topological polar surface area (TPSA) is 56.9 Å². The van der Waals surface area contributed by atoms with Gasteiger partial charge >= 0.3 is 0 Å². The highest BCUT2D eigenvalue weighted by Crippen LogP contribution is 2.20. The molecule has 0 radical (unpaired) electrons. The van der Waals surface area contributed by atoms with Gasteiger partial charge in [0.2, 0.25) is 0 Å². The molecule has 0 aliphatic carbocycles. The van der Waals surface area contributed by atoms with Crippen LogP contribution in [-0.4, -0.2) is 22.8 Å². The second-order valence-corrected chi connectivity index (χ2v) is 6.86. The van der Waals surface area contributed by atoms with Gasteiger partial charge in [-0.3, -0.25) is 4.68 Å². The number of aryl methyl sites for hydroxylation is 3. The highest BCUT2D eigenvalue weighted by molar-refractivity contribution is 8.13. The van der Waals surface area contributed by atoms with Gasteiger partial charge in [-0.2, -0.15) is 5.10 Å². The van der Waals surface area contributed by atoms with Gasteiger partial charge in [0, 0.05) is 43.6 Å². The number of rotatable bonds is 3. The molecule has 98 valence electrons. The first-order valence-corrected chi connectivity index (χ1v) is 7.67. The molecule has 0 spiro atoms. The van der Waals surface area contributed by atoms with Crippen LogP contribution in [0.1, 0.15) is 16.8 Å². The SMILES string of the molecule is Cc1cn(C)nc1Cc1cc(S(=O)(=O)Cl)n(C)c1. The molecule has 0 amide bonds. The van der Waals surface area contributed by atoms with Crippen molar-refractivity contribution < 1.29 is 8.42 Å². The number of nitrogens with zero attached hydrogens (tertiary/aromatic N) is 3. The zero-order chi connectivity index (χ0) is 13.5. The van der Waals surface area contributed by atoms with Gasteiger partial charge in [-0.1, -0.05) is 0 Å². The molecule has 0 unspecified atom stereocenters. The van der Waals surface area contributed by atoms with Crippen molar-refractivity contribution in [3.8, 4) is 0 Å². The summed E-state index contributed by atoms with van der Waals surface area (Å²) in [7, 11) is 5.16. The molecule has 0 fully saturated rings. The van der Waals surface area contributed by atoms with Crippen LogP contribution in [0.25, 0.3) is 0 Å². The Morgan fingerprint density at radius 3 is 2.44 bits per heavy atom. The van der Waals surface area contributed by atoms with Gasteiger partial charge in [-0.15, -0.1) is 0 Å². The minimum atomic E-state index is -3.70. The van der Waals surface area contributed by atoms with Gasteiger partial charge in [0.1, 0.15) is 0 Å². The maximum Gasteiger partial charge on any atom is 0.276 e. The van der Waals surface area contributed by atoms with Gasteiger partial charge in [0.15, 0.2) is 5.03 Å². The molecule has 18 heavy (non-hydrogen) atoms. The first kappa shape index (κ1) is 13.2. The second-order valence-electron chi connectivity index (χ2n) is 4.34. The van der Waals surface area contributed by atoms with Crippen molar-refractivity contribution in [3.63, 3.8) is 0 Å². The molecule has 0 aliphatic heterocycles. The number of aromatic nitrogens is 3. The summed E-state index contributed by atoms with van der Waals surface area (Å²) in [5.74, 6) is 0. The number of hydrogen-bond donors (Lipinski definition) is 0. The Hall–Kier alpha value is -1.27. The summed E-state index contributed by atoms with van der Waals surface area (Å²) in [5.41, 5.74) is 2.89. The molecule has 2 rings (SSSR count). The predicted octanol–water partition coefficient (Wildman–Crippen LogP) is 1.59. The normalized spacial score (nSPS) is 12.0. The van der Waals surface area contributed by atoms with E-state index in [1.807, 2.05) is 20.2 Å². The fraction of sp³-hybridized carbons (Fsp3) is 0.364. The molecule has 2 heterocycles. The average Bonchev–Trinajstić information content (AvgIpc) is 2.70. The molecule has 0 atom stereocenters.